The molecule has 0 unspecified atom stereocenters. The molecule has 2 aliphatic heterocycles. The third-order valence-electron chi connectivity index (χ3n) is 4.76. The molecule has 4 rings (SSSR count). The average Bonchev–Trinajstić information content (AvgIpc) is 3.25. The van der Waals surface area contributed by atoms with Crippen molar-refractivity contribution in [2.24, 2.45) is 0 Å². The molecule has 31 heavy (non-hydrogen) atoms. The van der Waals surface area contributed by atoms with Gasteiger partial charge in [0.05, 0.1) is 6.07 Å². The molecule has 9 nitrogen and oxygen atoms in total. The fourth-order valence-corrected chi connectivity index (χ4v) is 5.97. The number of hydrogen-bond donors (Lipinski definition) is 3. The van der Waals surface area contributed by atoms with Gasteiger partial charge in [-0.2, -0.15) is 5.26 Å². The molecule has 2 atom stereocenters. The lowest BCUT2D eigenvalue weighted by molar-refractivity contribution is -0.150. The second kappa shape index (κ2) is 8.87. The van der Waals surface area contributed by atoms with Crippen molar-refractivity contribution < 1.29 is 19.5 Å². The summed E-state index contributed by atoms with van der Waals surface area (Å²) in [6, 6.07) is 8.65. The number of fused-ring (bicyclic) bond motifs is 1. The molecule has 1 saturated heterocycles. The predicted molar refractivity (Wildman–Crippen MR) is 114 cm³/mol. The zero-order chi connectivity index (χ0) is 22.0. The Balaban J connectivity index is 1.53. The van der Waals surface area contributed by atoms with Crippen LogP contribution in [0.3, 0.4) is 0 Å². The number of carboxylic acid groups (broad SMARTS) is 1. The highest BCUT2D eigenvalue weighted by molar-refractivity contribution is 8.06. The maximum atomic E-state index is 12.6. The Morgan fingerprint density at radius 3 is 3.00 bits per heavy atom. The lowest BCUT2D eigenvalue weighted by atomic mass is 10.0. The lowest BCUT2D eigenvalue weighted by Gasteiger charge is -2.49. The number of carbonyl (C=O) groups is 3. The third-order valence-corrected chi connectivity index (χ3v) is 7.29. The van der Waals surface area contributed by atoms with Gasteiger partial charge in [-0.05, 0) is 17.7 Å². The molecule has 2 aliphatic rings. The zero-order valence-corrected chi connectivity index (χ0v) is 17.7. The van der Waals surface area contributed by atoms with Crippen LogP contribution in [-0.4, -0.2) is 54.9 Å². The van der Waals surface area contributed by atoms with E-state index in [4.69, 9.17) is 5.26 Å². The summed E-state index contributed by atoms with van der Waals surface area (Å²) >= 11 is 2.71. The van der Waals surface area contributed by atoms with E-state index in [9.17, 15) is 19.5 Å². The number of nitrogens with zero attached hydrogens (tertiary/aromatic N) is 3. The summed E-state index contributed by atoms with van der Waals surface area (Å²) in [6.45, 7) is 0. The van der Waals surface area contributed by atoms with E-state index in [0.29, 0.717) is 17.1 Å². The fraction of sp³-hybridized carbons (Fsp3) is 0.250. The van der Waals surface area contributed by atoms with Gasteiger partial charge in [-0.25, -0.2) is 9.78 Å². The number of rotatable bonds is 7. The van der Waals surface area contributed by atoms with E-state index < -0.39 is 29.2 Å². The molecule has 0 radical (unpaired) electrons. The smallest absolute Gasteiger partial charge is 0.353 e. The number of benzene rings is 1. The molecule has 1 aromatic heterocycles. The standard InChI is InChI=1S/C20H17N5O4S2/c21-5-4-15(26)24-16-18(27)25-17(20(28)29)13(10-30-19(16)25)31-12-3-1-2-11(8-12)9-14-22-6-7-23-14/h1-3,6-8,16,19H,4,9-10H2,(H,22,23)(H,24,26)(H,28,29)/t16-,19-/m1/s1. The number of imidazole rings is 1. The Morgan fingerprint density at radius 2 is 2.29 bits per heavy atom. The molecular formula is C20H17N5O4S2. The number of aromatic nitrogens is 2. The van der Waals surface area contributed by atoms with Gasteiger partial charge in [-0.1, -0.05) is 23.9 Å². The van der Waals surface area contributed by atoms with Gasteiger partial charge in [-0.3, -0.25) is 14.5 Å². The minimum atomic E-state index is -1.19. The van der Waals surface area contributed by atoms with Gasteiger partial charge in [0.15, 0.2) is 0 Å². The Kier molecular flexibility index (Phi) is 6.01. The monoisotopic (exact) mass is 455 g/mol. The largest absolute Gasteiger partial charge is 0.477 e. The number of thioether (sulfide) groups is 2. The molecule has 0 aliphatic carbocycles. The molecular weight excluding hydrogens is 438 g/mol. The number of aromatic amines is 1. The second-order valence-corrected chi connectivity index (χ2v) is 9.10. The highest BCUT2D eigenvalue weighted by Gasteiger charge is 2.54. The van der Waals surface area contributed by atoms with Crippen molar-refractivity contribution in [3.63, 3.8) is 0 Å². The van der Waals surface area contributed by atoms with Crippen LogP contribution in [-0.2, 0) is 20.8 Å². The van der Waals surface area contributed by atoms with Crippen LogP contribution >= 0.6 is 23.5 Å². The van der Waals surface area contributed by atoms with Crippen molar-refractivity contribution in [3.8, 4) is 6.07 Å². The van der Waals surface area contributed by atoms with Crippen molar-refractivity contribution in [1.29, 1.82) is 5.26 Å². The van der Waals surface area contributed by atoms with E-state index in [-0.39, 0.29) is 12.1 Å². The van der Waals surface area contributed by atoms with Crippen LogP contribution in [0.4, 0.5) is 0 Å². The first-order chi connectivity index (χ1) is 15.0. The Bertz CT molecular complexity index is 1110. The van der Waals surface area contributed by atoms with Crippen LogP contribution in [0.1, 0.15) is 17.8 Å². The summed E-state index contributed by atoms with van der Waals surface area (Å²) in [7, 11) is 0. The van der Waals surface area contributed by atoms with Crippen LogP contribution in [0, 0.1) is 11.3 Å². The van der Waals surface area contributed by atoms with Gasteiger partial charge in [0.2, 0.25) is 5.91 Å². The average molecular weight is 456 g/mol. The van der Waals surface area contributed by atoms with Crippen molar-refractivity contribution >= 4 is 41.3 Å². The summed E-state index contributed by atoms with van der Waals surface area (Å²) in [5.74, 6) is -0.983. The topological polar surface area (TPSA) is 139 Å². The van der Waals surface area contributed by atoms with Crippen molar-refractivity contribution in [2.45, 2.75) is 29.2 Å². The summed E-state index contributed by atoms with van der Waals surface area (Å²) in [5.41, 5.74) is 0.972. The van der Waals surface area contributed by atoms with Crippen molar-refractivity contribution in [3.05, 3.63) is 58.6 Å². The first kappa shape index (κ1) is 21.0. The van der Waals surface area contributed by atoms with E-state index in [2.05, 4.69) is 15.3 Å². The van der Waals surface area contributed by atoms with Crippen molar-refractivity contribution in [2.75, 3.05) is 5.75 Å². The van der Waals surface area contributed by atoms with Gasteiger partial charge in [0, 0.05) is 34.4 Å². The highest BCUT2D eigenvalue weighted by Crippen LogP contribution is 2.45. The molecule has 0 bridgehead atoms. The molecule has 158 valence electrons. The van der Waals surface area contributed by atoms with E-state index in [1.807, 2.05) is 24.3 Å². The first-order valence-corrected chi connectivity index (χ1v) is 11.2. The summed E-state index contributed by atoms with van der Waals surface area (Å²) in [6.07, 6.45) is 3.72. The minimum absolute atomic E-state index is 0.0547. The third kappa shape index (κ3) is 4.30. The lowest BCUT2D eigenvalue weighted by Crippen LogP contribution is -2.70. The molecule has 2 amide bonds. The number of β-lactam (4-membered cyclic amide) rings is 1. The normalized spacial score (nSPS) is 20.0. The number of H-pyrrole nitrogens is 1. The van der Waals surface area contributed by atoms with Gasteiger partial charge in [0.1, 0.15) is 29.4 Å². The number of nitrogens with one attached hydrogen (secondary N) is 2. The second-order valence-electron chi connectivity index (χ2n) is 6.83. The number of hydrogen-bond acceptors (Lipinski definition) is 7. The summed E-state index contributed by atoms with van der Waals surface area (Å²) in [4.78, 5) is 46.2. The first-order valence-electron chi connectivity index (χ1n) is 9.30. The molecule has 3 N–H and O–H groups in total. The van der Waals surface area contributed by atoms with Crippen LogP contribution in [0.2, 0.25) is 0 Å². The van der Waals surface area contributed by atoms with E-state index in [1.54, 1.807) is 18.5 Å². The van der Waals surface area contributed by atoms with Crippen LogP contribution in [0.25, 0.3) is 0 Å². The Labute approximate surface area is 185 Å². The number of aliphatic carboxylic acids is 1. The van der Waals surface area contributed by atoms with E-state index in [0.717, 1.165) is 16.3 Å². The molecule has 3 heterocycles. The van der Waals surface area contributed by atoms with Gasteiger partial charge in [0.25, 0.3) is 5.91 Å². The zero-order valence-electron chi connectivity index (χ0n) is 16.1. The number of amides is 2. The van der Waals surface area contributed by atoms with E-state index in [1.165, 1.54) is 28.4 Å². The molecule has 1 fully saturated rings. The molecule has 0 saturated carbocycles. The number of carboxylic acids is 1. The number of carbonyl (C=O) groups excluding carboxylic acids is 2. The van der Waals surface area contributed by atoms with Crippen LogP contribution in [0.15, 0.2) is 52.2 Å². The summed E-state index contributed by atoms with van der Waals surface area (Å²) < 4.78 is 0. The maximum absolute atomic E-state index is 12.6. The molecule has 11 heteroatoms. The predicted octanol–water partition coefficient (Wildman–Crippen LogP) is 1.70. The van der Waals surface area contributed by atoms with Gasteiger partial charge in [-0.15, -0.1) is 11.8 Å². The minimum Gasteiger partial charge on any atom is -0.477 e. The fourth-order valence-electron chi connectivity index (χ4n) is 3.41. The maximum Gasteiger partial charge on any atom is 0.353 e. The molecule has 0 spiro atoms. The SMILES string of the molecule is N#CCC(=O)N[C@@H]1C(=O)N2C(C(=O)O)=C(Sc3cccc(Cc4ncc[nH]4)c3)CS[C@H]12. The van der Waals surface area contributed by atoms with Crippen LogP contribution in [0.5, 0.6) is 0 Å². The Morgan fingerprint density at radius 1 is 1.45 bits per heavy atom. The van der Waals surface area contributed by atoms with Crippen LogP contribution < -0.4 is 5.32 Å². The summed E-state index contributed by atoms with van der Waals surface area (Å²) in [5, 5.41) is 20.4. The molecule has 2 aromatic rings. The molecule has 1 aromatic carbocycles. The Hall–Kier alpha value is -3.23. The quantitative estimate of drug-likeness (QED) is 0.536. The van der Waals surface area contributed by atoms with E-state index >= 15 is 0 Å². The van der Waals surface area contributed by atoms with Crippen molar-refractivity contribution in [1.82, 2.24) is 20.2 Å². The van der Waals surface area contributed by atoms with Gasteiger partial charge < -0.3 is 15.4 Å². The highest BCUT2D eigenvalue weighted by atomic mass is 32.2. The van der Waals surface area contributed by atoms with Gasteiger partial charge >= 0.3 is 5.97 Å². The number of nitriles is 1.